The molecule has 2 unspecified atom stereocenters. The monoisotopic (exact) mass is 500 g/mol. The zero-order valence-electron chi connectivity index (χ0n) is 20.0. The van der Waals surface area contributed by atoms with Crippen molar-refractivity contribution in [1.29, 1.82) is 0 Å². The highest BCUT2D eigenvalue weighted by molar-refractivity contribution is 6.30. The van der Waals surface area contributed by atoms with Crippen LogP contribution in [-0.2, 0) is 14.3 Å². The average molecular weight is 501 g/mol. The molecule has 1 fully saturated rings. The number of rotatable bonds is 6. The Labute approximate surface area is 209 Å². The molecule has 2 atom stereocenters. The molecule has 1 amide bonds. The molecule has 2 aromatic rings. The van der Waals surface area contributed by atoms with Gasteiger partial charge in [0.15, 0.2) is 5.92 Å². The van der Waals surface area contributed by atoms with E-state index in [-0.39, 0.29) is 6.61 Å². The number of hydrogen-bond donors (Lipinski definition) is 1. The zero-order chi connectivity index (χ0) is 24.9. The van der Waals surface area contributed by atoms with Gasteiger partial charge in [-0.2, -0.15) is 0 Å². The number of carbonyl (C=O) groups is 2. The predicted octanol–water partition coefficient (Wildman–Crippen LogP) is 2.89. The summed E-state index contributed by atoms with van der Waals surface area (Å²) in [5.41, 5.74) is 1.66. The van der Waals surface area contributed by atoms with Crippen LogP contribution in [0.3, 0.4) is 0 Å². The summed E-state index contributed by atoms with van der Waals surface area (Å²) in [6, 6.07) is 12.2. The number of ether oxygens (including phenoxy) is 3. The molecular weight excluding hydrogens is 472 g/mol. The number of carbonyl (C=O) groups excluding carboxylic acids is 2. The van der Waals surface area contributed by atoms with E-state index in [1.807, 2.05) is 29.2 Å². The maximum atomic E-state index is 13.2. The van der Waals surface area contributed by atoms with Gasteiger partial charge in [0, 0.05) is 48.5 Å². The van der Waals surface area contributed by atoms with Gasteiger partial charge >= 0.3 is 5.97 Å². The van der Waals surface area contributed by atoms with Gasteiger partial charge in [-0.15, -0.1) is 0 Å². The topological polar surface area (TPSA) is 92.7 Å². The molecule has 186 valence electrons. The summed E-state index contributed by atoms with van der Waals surface area (Å²) < 4.78 is 16.1. The molecule has 0 aliphatic carbocycles. The van der Waals surface area contributed by atoms with E-state index >= 15 is 0 Å². The molecule has 0 aromatic heterocycles. The lowest BCUT2D eigenvalue weighted by molar-refractivity contribution is -0.153. The van der Waals surface area contributed by atoms with Crippen molar-refractivity contribution in [1.82, 2.24) is 10.2 Å². The highest BCUT2D eigenvalue weighted by Crippen LogP contribution is 2.38. The van der Waals surface area contributed by atoms with E-state index in [0.29, 0.717) is 41.1 Å². The van der Waals surface area contributed by atoms with Crippen LogP contribution in [0.4, 0.5) is 5.69 Å². The highest BCUT2D eigenvalue weighted by Gasteiger charge is 2.43. The second-order valence-electron chi connectivity index (χ2n) is 8.18. The van der Waals surface area contributed by atoms with Crippen LogP contribution in [0, 0.1) is 5.92 Å². The fraction of sp³-hybridized carbons (Fsp3) is 0.400. The van der Waals surface area contributed by atoms with Crippen LogP contribution in [0.2, 0.25) is 5.02 Å². The standard InChI is InChI=1S/C25H29ClN4O5/c1-4-35-24(32)21-22(19-9-8-18(33-2)15-20(19)34-3)27-25(28-23(21)31)30-12-10-29(11-13-30)17-7-5-6-16(26)14-17/h5-9,14-15,21-22H,4,10-13H2,1-3H3,(H,27,28,31). The van der Waals surface area contributed by atoms with Gasteiger partial charge in [0.2, 0.25) is 11.9 Å². The molecule has 0 spiro atoms. The lowest BCUT2D eigenvalue weighted by Gasteiger charge is -2.39. The fourth-order valence-electron chi connectivity index (χ4n) is 4.36. The van der Waals surface area contributed by atoms with Gasteiger partial charge in [0.05, 0.1) is 20.8 Å². The molecule has 1 saturated heterocycles. The van der Waals surface area contributed by atoms with Gasteiger partial charge in [-0.3, -0.25) is 14.9 Å². The first-order chi connectivity index (χ1) is 16.9. The van der Waals surface area contributed by atoms with Crippen molar-refractivity contribution in [2.24, 2.45) is 10.9 Å². The quantitative estimate of drug-likeness (QED) is 0.481. The van der Waals surface area contributed by atoms with Crippen molar-refractivity contribution in [2.45, 2.75) is 13.0 Å². The van der Waals surface area contributed by atoms with E-state index in [1.54, 1.807) is 32.2 Å². The molecule has 2 aliphatic heterocycles. The second kappa shape index (κ2) is 10.9. The van der Waals surface area contributed by atoms with E-state index in [9.17, 15) is 9.59 Å². The SMILES string of the molecule is CCOC(=O)C1C(=O)NC(N2CCN(c3cccc(Cl)c3)CC2)=NC1c1ccc(OC)cc1OC. The first-order valence-electron chi connectivity index (χ1n) is 11.5. The van der Waals surface area contributed by atoms with Gasteiger partial charge in [-0.25, -0.2) is 4.99 Å². The summed E-state index contributed by atoms with van der Waals surface area (Å²) in [7, 11) is 3.09. The van der Waals surface area contributed by atoms with Crippen LogP contribution in [0.1, 0.15) is 18.5 Å². The van der Waals surface area contributed by atoms with Gasteiger partial charge in [-0.05, 0) is 37.3 Å². The number of nitrogens with zero attached hydrogens (tertiary/aromatic N) is 3. The lowest BCUT2D eigenvalue weighted by Crippen LogP contribution is -2.57. The van der Waals surface area contributed by atoms with Gasteiger partial charge in [-0.1, -0.05) is 17.7 Å². The second-order valence-corrected chi connectivity index (χ2v) is 8.61. The van der Waals surface area contributed by atoms with E-state index in [0.717, 1.165) is 18.8 Å². The Hall–Kier alpha value is -3.46. The summed E-state index contributed by atoms with van der Waals surface area (Å²) in [5.74, 6) is -0.694. The Morgan fingerprint density at radius 1 is 1.09 bits per heavy atom. The van der Waals surface area contributed by atoms with Crippen molar-refractivity contribution < 1.29 is 23.8 Å². The largest absolute Gasteiger partial charge is 0.497 e. The Bertz CT molecular complexity index is 1120. The number of aliphatic imine (C=N–C) groups is 1. The normalized spacial score (nSPS) is 20.1. The number of methoxy groups -OCH3 is 2. The van der Waals surface area contributed by atoms with Gasteiger partial charge in [0.25, 0.3) is 0 Å². The van der Waals surface area contributed by atoms with Crippen LogP contribution in [0.25, 0.3) is 0 Å². The minimum Gasteiger partial charge on any atom is -0.497 e. The molecule has 2 aliphatic rings. The molecule has 1 N–H and O–H groups in total. The lowest BCUT2D eigenvalue weighted by atomic mass is 9.90. The van der Waals surface area contributed by atoms with Crippen molar-refractivity contribution >= 4 is 35.1 Å². The Kier molecular flexibility index (Phi) is 7.65. The van der Waals surface area contributed by atoms with Gasteiger partial charge < -0.3 is 24.0 Å². The molecular formula is C25H29ClN4O5. The number of nitrogens with one attached hydrogen (secondary N) is 1. The summed E-state index contributed by atoms with van der Waals surface area (Å²) in [5, 5.41) is 3.52. The first kappa shape index (κ1) is 24.7. The Morgan fingerprint density at radius 3 is 2.49 bits per heavy atom. The number of amides is 1. The number of esters is 1. The summed E-state index contributed by atoms with van der Waals surface area (Å²) in [4.78, 5) is 35.0. The molecule has 2 heterocycles. The van der Waals surface area contributed by atoms with Crippen molar-refractivity contribution in [3.8, 4) is 11.5 Å². The van der Waals surface area contributed by atoms with Crippen LogP contribution >= 0.6 is 11.6 Å². The Balaban J connectivity index is 1.62. The van der Waals surface area contributed by atoms with E-state index in [4.69, 9.17) is 30.8 Å². The smallest absolute Gasteiger partial charge is 0.321 e. The van der Waals surface area contributed by atoms with E-state index < -0.39 is 23.8 Å². The van der Waals surface area contributed by atoms with Crippen molar-refractivity contribution in [3.63, 3.8) is 0 Å². The molecule has 0 saturated carbocycles. The number of piperazine rings is 1. The number of benzene rings is 2. The third-order valence-electron chi connectivity index (χ3n) is 6.15. The predicted molar refractivity (Wildman–Crippen MR) is 133 cm³/mol. The molecule has 9 nitrogen and oxygen atoms in total. The Morgan fingerprint density at radius 2 is 1.83 bits per heavy atom. The summed E-state index contributed by atoms with van der Waals surface area (Å²) in [6.45, 7) is 4.61. The molecule has 4 rings (SSSR count). The van der Waals surface area contributed by atoms with Crippen LogP contribution in [0.15, 0.2) is 47.5 Å². The number of anilines is 1. The number of hydrogen-bond acceptors (Lipinski definition) is 8. The third kappa shape index (κ3) is 5.30. The van der Waals surface area contributed by atoms with Crippen molar-refractivity contribution in [2.75, 3.05) is 51.9 Å². The molecule has 35 heavy (non-hydrogen) atoms. The minimum absolute atomic E-state index is 0.164. The molecule has 0 bridgehead atoms. The number of guanidine groups is 1. The van der Waals surface area contributed by atoms with E-state index in [2.05, 4.69) is 10.2 Å². The van der Waals surface area contributed by atoms with Crippen LogP contribution in [-0.4, -0.2) is 69.7 Å². The minimum atomic E-state index is -1.13. The molecule has 10 heteroatoms. The molecule has 2 aromatic carbocycles. The summed E-state index contributed by atoms with van der Waals surface area (Å²) in [6.07, 6.45) is 0. The van der Waals surface area contributed by atoms with Gasteiger partial charge in [0.1, 0.15) is 17.5 Å². The van der Waals surface area contributed by atoms with Crippen molar-refractivity contribution in [3.05, 3.63) is 53.1 Å². The highest BCUT2D eigenvalue weighted by atomic mass is 35.5. The average Bonchev–Trinajstić information content (AvgIpc) is 2.88. The third-order valence-corrected chi connectivity index (χ3v) is 6.38. The number of halogens is 1. The maximum Gasteiger partial charge on any atom is 0.321 e. The van der Waals surface area contributed by atoms with E-state index in [1.165, 1.54) is 7.11 Å². The maximum absolute atomic E-state index is 13.2. The van der Waals surface area contributed by atoms with Crippen LogP contribution in [0.5, 0.6) is 11.5 Å². The fourth-order valence-corrected chi connectivity index (χ4v) is 4.54. The first-order valence-corrected chi connectivity index (χ1v) is 11.9. The van der Waals surface area contributed by atoms with Crippen LogP contribution < -0.4 is 19.7 Å². The zero-order valence-corrected chi connectivity index (χ0v) is 20.7. The molecule has 0 radical (unpaired) electrons. The summed E-state index contributed by atoms with van der Waals surface area (Å²) >= 11 is 6.15.